The zero-order valence-corrected chi connectivity index (χ0v) is 6.99. The topological polar surface area (TPSA) is 57.5 Å². The van der Waals surface area contributed by atoms with Crippen LogP contribution in [0.4, 0.5) is 0 Å². The van der Waals surface area contributed by atoms with E-state index in [1.54, 1.807) is 0 Å². The van der Waals surface area contributed by atoms with Crippen LogP contribution in [0.5, 0.6) is 0 Å². The van der Waals surface area contributed by atoms with E-state index in [9.17, 15) is 9.90 Å². The lowest BCUT2D eigenvalue weighted by Crippen LogP contribution is -2.38. The number of rotatable bonds is 3. The van der Waals surface area contributed by atoms with Gasteiger partial charge in [0, 0.05) is 0 Å². The van der Waals surface area contributed by atoms with Crippen molar-refractivity contribution in [1.29, 1.82) is 0 Å². The molecule has 0 saturated heterocycles. The van der Waals surface area contributed by atoms with Crippen LogP contribution in [0, 0.1) is 5.92 Å². The van der Waals surface area contributed by atoms with E-state index in [4.69, 9.17) is 5.11 Å². The Morgan fingerprint density at radius 1 is 1.50 bits per heavy atom. The van der Waals surface area contributed by atoms with Gasteiger partial charge < -0.3 is 10.2 Å². The summed E-state index contributed by atoms with van der Waals surface area (Å²) in [5.74, 6) is -1.78. The van der Waals surface area contributed by atoms with E-state index in [2.05, 4.69) is 6.58 Å². The molecule has 0 aromatic rings. The Morgan fingerprint density at radius 2 is 2.00 bits per heavy atom. The van der Waals surface area contributed by atoms with Gasteiger partial charge in [0.1, 0.15) is 5.92 Å². The van der Waals surface area contributed by atoms with Crippen molar-refractivity contribution in [3.8, 4) is 0 Å². The molecule has 1 atom stereocenters. The summed E-state index contributed by atoms with van der Waals surface area (Å²) >= 11 is 0. The monoisotopic (exact) mass is 170 g/mol. The van der Waals surface area contributed by atoms with Crippen molar-refractivity contribution < 1.29 is 15.0 Å². The molecule has 3 nitrogen and oxygen atoms in total. The summed E-state index contributed by atoms with van der Waals surface area (Å²) < 4.78 is 0. The molecule has 0 aliphatic heterocycles. The van der Waals surface area contributed by atoms with Crippen LogP contribution in [0.15, 0.2) is 12.7 Å². The molecule has 0 radical (unpaired) electrons. The molecule has 0 spiro atoms. The molecule has 0 aromatic heterocycles. The predicted molar refractivity (Wildman–Crippen MR) is 44.7 cm³/mol. The molecule has 1 aliphatic carbocycles. The van der Waals surface area contributed by atoms with Crippen molar-refractivity contribution in [1.82, 2.24) is 0 Å². The highest BCUT2D eigenvalue weighted by molar-refractivity contribution is 5.73. The fraction of sp³-hybridized carbons (Fsp3) is 0.667. The summed E-state index contributed by atoms with van der Waals surface area (Å²) in [6, 6.07) is 0. The highest BCUT2D eigenvalue weighted by atomic mass is 16.4. The van der Waals surface area contributed by atoms with E-state index >= 15 is 0 Å². The zero-order valence-electron chi connectivity index (χ0n) is 6.99. The number of carbonyl (C=O) groups is 1. The van der Waals surface area contributed by atoms with Crippen LogP contribution in [0.25, 0.3) is 0 Å². The van der Waals surface area contributed by atoms with Crippen LogP contribution >= 0.6 is 0 Å². The molecule has 1 unspecified atom stereocenters. The van der Waals surface area contributed by atoms with E-state index in [1.165, 1.54) is 6.08 Å². The van der Waals surface area contributed by atoms with Gasteiger partial charge in [0.2, 0.25) is 0 Å². The Kier molecular flexibility index (Phi) is 2.52. The van der Waals surface area contributed by atoms with Crippen molar-refractivity contribution in [3.05, 3.63) is 12.7 Å². The summed E-state index contributed by atoms with van der Waals surface area (Å²) in [4.78, 5) is 10.7. The maximum absolute atomic E-state index is 10.7. The summed E-state index contributed by atoms with van der Waals surface area (Å²) in [5.41, 5.74) is -1.03. The molecule has 1 saturated carbocycles. The second kappa shape index (κ2) is 3.27. The molecule has 0 bridgehead atoms. The number of carboxylic acid groups (broad SMARTS) is 1. The summed E-state index contributed by atoms with van der Waals surface area (Å²) in [7, 11) is 0. The third kappa shape index (κ3) is 1.50. The molecule has 2 N–H and O–H groups in total. The van der Waals surface area contributed by atoms with Gasteiger partial charge in [-0.2, -0.15) is 0 Å². The second-order valence-electron chi connectivity index (χ2n) is 3.36. The fourth-order valence-electron chi connectivity index (χ4n) is 1.85. The van der Waals surface area contributed by atoms with E-state index in [0.717, 1.165) is 12.8 Å². The highest BCUT2D eigenvalue weighted by Gasteiger charge is 2.41. The highest BCUT2D eigenvalue weighted by Crippen LogP contribution is 2.36. The molecule has 1 rings (SSSR count). The van der Waals surface area contributed by atoms with Crippen LogP contribution in [0.3, 0.4) is 0 Å². The van der Waals surface area contributed by atoms with E-state index in [0.29, 0.717) is 12.8 Å². The van der Waals surface area contributed by atoms with Gasteiger partial charge in [-0.1, -0.05) is 18.9 Å². The van der Waals surface area contributed by atoms with Gasteiger partial charge in [-0.3, -0.25) is 4.79 Å². The third-order valence-corrected chi connectivity index (χ3v) is 2.55. The first kappa shape index (κ1) is 9.26. The second-order valence-corrected chi connectivity index (χ2v) is 3.36. The van der Waals surface area contributed by atoms with Gasteiger partial charge in [-0.05, 0) is 12.8 Å². The maximum Gasteiger partial charge on any atom is 0.313 e. The van der Waals surface area contributed by atoms with Gasteiger partial charge in [0.25, 0.3) is 0 Å². The Bertz CT molecular complexity index is 192. The van der Waals surface area contributed by atoms with Gasteiger partial charge in [-0.25, -0.2) is 0 Å². The van der Waals surface area contributed by atoms with Crippen molar-refractivity contribution in [2.24, 2.45) is 5.92 Å². The fourth-order valence-corrected chi connectivity index (χ4v) is 1.85. The van der Waals surface area contributed by atoms with Crippen molar-refractivity contribution >= 4 is 5.97 Å². The van der Waals surface area contributed by atoms with Crippen molar-refractivity contribution in [2.75, 3.05) is 0 Å². The summed E-state index contributed by atoms with van der Waals surface area (Å²) in [6.45, 7) is 3.43. The molecule has 68 valence electrons. The molecule has 1 fully saturated rings. The normalized spacial score (nSPS) is 23.4. The lowest BCUT2D eigenvalue weighted by molar-refractivity contribution is -0.148. The van der Waals surface area contributed by atoms with Gasteiger partial charge in [-0.15, -0.1) is 6.58 Å². The summed E-state index contributed by atoms with van der Waals surface area (Å²) in [5, 5.41) is 18.6. The first-order chi connectivity index (χ1) is 5.60. The molecule has 1 aliphatic rings. The van der Waals surface area contributed by atoms with Crippen molar-refractivity contribution in [3.63, 3.8) is 0 Å². The van der Waals surface area contributed by atoms with E-state index < -0.39 is 17.5 Å². The Morgan fingerprint density at radius 3 is 2.33 bits per heavy atom. The molecular formula is C9H14O3. The minimum Gasteiger partial charge on any atom is -0.481 e. The average Bonchev–Trinajstić information content (AvgIpc) is 2.37. The molecule has 0 aromatic carbocycles. The third-order valence-electron chi connectivity index (χ3n) is 2.55. The molecular weight excluding hydrogens is 156 g/mol. The minimum atomic E-state index is -1.03. The van der Waals surface area contributed by atoms with Crippen LogP contribution in [-0.2, 0) is 4.79 Å². The maximum atomic E-state index is 10.7. The minimum absolute atomic E-state index is 0.579. The first-order valence-electron chi connectivity index (χ1n) is 4.18. The van der Waals surface area contributed by atoms with Crippen LogP contribution in [0.2, 0.25) is 0 Å². The lowest BCUT2D eigenvalue weighted by Gasteiger charge is -2.26. The molecule has 0 heterocycles. The number of hydrogen-bond donors (Lipinski definition) is 2. The number of aliphatic hydroxyl groups is 1. The van der Waals surface area contributed by atoms with Crippen LogP contribution in [-0.4, -0.2) is 21.8 Å². The first-order valence-corrected chi connectivity index (χ1v) is 4.18. The Balaban J connectivity index is 2.76. The Hall–Kier alpha value is -0.830. The SMILES string of the molecule is C=CC(C(=O)O)C1(O)CCCC1. The molecule has 0 amide bonds. The number of carboxylic acids is 1. The van der Waals surface area contributed by atoms with Crippen LogP contribution in [0.1, 0.15) is 25.7 Å². The standard InChI is InChI=1S/C9H14O3/c1-2-7(8(10)11)9(12)5-3-4-6-9/h2,7,12H,1,3-6H2,(H,10,11). The lowest BCUT2D eigenvalue weighted by atomic mass is 9.86. The van der Waals surface area contributed by atoms with E-state index in [-0.39, 0.29) is 0 Å². The Labute approximate surface area is 71.7 Å². The average molecular weight is 170 g/mol. The van der Waals surface area contributed by atoms with Crippen molar-refractivity contribution in [2.45, 2.75) is 31.3 Å². The zero-order chi connectivity index (χ0) is 9.19. The molecule has 12 heavy (non-hydrogen) atoms. The number of aliphatic carboxylic acids is 1. The van der Waals surface area contributed by atoms with Gasteiger partial charge in [0.05, 0.1) is 5.60 Å². The summed E-state index contributed by atoms with van der Waals surface area (Å²) in [6.07, 6.45) is 4.31. The number of hydrogen-bond acceptors (Lipinski definition) is 2. The van der Waals surface area contributed by atoms with Gasteiger partial charge in [0.15, 0.2) is 0 Å². The largest absolute Gasteiger partial charge is 0.481 e. The quantitative estimate of drug-likeness (QED) is 0.625. The predicted octanol–water partition coefficient (Wildman–Crippen LogP) is 1.18. The smallest absolute Gasteiger partial charge is 0.313 e. The molecule has 3 heteroatoms. The van der Waals surface area contributed by atoms with Crippen LogP contribution < -0.4 is 0 Å². The van der Waals surface area contributed by atoms with E-state index in [1.807, 2.05) is 0 Å². The van der Waals surface area contributed by atoms with Gasteiger partial charge >= 0.3 is 5.97 Å².